The van der Waals surface area contributed by atoms with E-state index in [-0.39, 0.29) is 0 Å². The predicted octanol–water partition coefficient (Wildman–Crippen LogP) is 4.52. The van der Waals surface area contributed by atoms with Crippen LogP contribution in [0.5, 0.6) is 0 Å². The molecule has 4 nitrogen and oxygen atoms in total. The van der Waals surface area contributed by atoms with Crippen molar-refractivity contribution in [2.24, 2.45) is 0 Å². The van der Waals surface area contributed by atoms with E-state index in [0.29, 0.717) is 5.95 Å². The molecule has 0 saturated carbocycles. The first-order chi connectivity index (χ1) is 10.2. The first-order valence-corrected chi connectivity index (χ1v) is 8.50. The fourth-order valence-corrected chi connectivity index (χ4v) is 3.78. The van der Waals surface area contributed by atoms with Crippen LogP contribution in [0.3, 0.4) is 0 Å². The molecule has 0 aliphatic carbocycles. The number of hydrogen-bond donors (Lipinski definition) is 2. The van der Waals surface area contributed by atoms with Crippen LogP contribution in [0.15, 0.2) is 40.9 Å². The van der Waals surface area contributed by atoms with Crippen molar-refractivity contribution in [3.8, 4) is 0 Å². The molecule has 3 aromatic rings. The van der Waals surface area contributed by atoms with E-state index in [4.69, 9.17) is 0 Å². The lowest BCUT2D eigenvalue weighted by molar-refractivity contribution is 0.973. The zero-order valence-corrected chi connectivity index (χ0v) is 13.5. The number of benzene rings is 1. The molecule has 2 aromatic heterocycles. The van der Waals surface area contributed by atoms with Gasteiger partial charge in [-0.1, -0.05) is 30.0 Å². The van der Waals surface area contributed by atoms with Crippen LogP contribution in [-0.4, -0.2) is 15.2 Å². The van der Waals surface area contributed by atoms with Gasteiger partial charge in [-0.2, -0.15) is 4.98 Å². The largest absolute Gasteiger partial charge is 0.324 e. The Kier molecular flexibility index (Phi) is 4.26. The van der Waals surface area contributed by atoms with E-state index in [2.05, 4.69) is 51.9 Å². The summed E-state index contributed by atoms with van der Waals surface area (Å²) in [6.45, 7) is 4.20. The number of H-pyrrole nitrogens is 1. The predicted molar refractivity (Wildman–Crippen MR) is 89.5 cm³/mol. The van der Waals surface area contributed by atoms with Crippen molar-refractivity contribution in [3.05, 3.63) is 51.7 Å². The maximum atomic E-state index is 4.47. The Morgan fingerprint density at radius 1 is 1.19 bits per heavy atom. The highest BCUT2D eigenvalue weighted by Gasteiger charge is 2.07. The van der Waals surface area contributed by atoms with E-state index in [1.807, 2.05) is 18.2 Å². The molecule has 0 spiro atoms. The first-order valence-electron chi connectivity index (χ1n) is 6.63. The van der Waals surface area contributed by atoms with Crippen molar-refractivity contribution in [1.29, 1.82) is 0 Å². The van der Waals surface area contributed by atoms with E-state index in [1.165, 1.54) is 16.0 Å². The van der Waals surface area contributed by atoms with E-state index < -0.39 is 0 Å². The topological polar surface area (TPSA) is 53.6 Å². The van der Waals surface area contributed by atoms with Crippen molar-refractivity contribution < 1.29 is 0 Å². The quantitative estimate of drug-likeness (QED) is 0.680. The third-order valence-corrected chi connectivity index (χ3v) is 5.24. The van der Waals surface area contributed by atoms with Crippen LogP contribution in [0, 0.1) is 13.8 Å². The Balaban J connectivity index is 1.64. The number of hydrogen-bond acceptors (Lipinski definition) is 5. The van der Waals surface area contributed by atoms with Gasteiger partial charge < -0.3 is 5.32 Å². The Morgan fingerprint density at radius 2 is 2.05 bits per heavy atom. The van der Waals surface area contributed by atoms with Gasteiger partial charge in [0.2, 0.25) is 11.1 Å². The third kappa shape index (κ3) is 3.46. The number of thiophene rings is 1. The lowest BCUT2D eigenvalue weighted by Gasteiger charge is -2.04. The van der Waals surface area contributed by atoms with Gasteiger partial charge in [0.15, 0.2) is 0 Å². The Labute approximate surface area is 132 Å². The number of anilines is 2. The van der Waals surface area contributed by atoms with Gasteiger partial charge in [-0.15, -0.1) is 16.4 Å². The van der Waals surface area contributed by atoms with Crippen LogP contribution in [0.4, 0.5) is 11.6 Å². The van der Waals surface area contributed by atoms with Crippen molar-refractivity contribution in [3.63, 3.8) is 0 Å². The summed E-state index contributed by atoms with van der Waals surface area (Å²) in [5.41, 5.74) is 3.55. The highest BCUT2D eigenvalue weighted by Crippen LogP contribution is 2.26. The maximum Gasteiger partial charge on any atom is 0.223 e. The molecule has 21 heavy (non-hydrogen) atoms. The lowest BCUT2D eigenvalue weighted by atomic mass is 10.2. The van der Waals surface area contributed by atoms with Crippen LogP contribution < -0.4 is 5.32 Å². The minimum absolute atomic E-state index is 0.676. The molecule has 0 atom stereocenters. The Morgan fingerprint density at radius 3 is 2.81 bits per heavy atom. The van der Waals surface area contributed by atoms with Crippen molar-refractivity contribution in [2.75, 3.05) is 5.32 Å². The Bertz CT molecular complexity index is 733. The zero-order valence-electron chi connectivity index (χ0n) is 11.9. The molecule has 108 valence electrons. The van der Waals surface area contributed by atoms with Crippen LogP contribution in [0.2, 0.25) is 0 Å². The summed E-state index contributed by atoms with van der Waals surface area (Å²) in [6.07, 6.45) is 0. The highest BCUT2D eigenvalue weighted by atomic mass is 32.2. The molecule has 2 heterocycles. The molecule has 0 bridgehead atoms. The molecule has 1 aromatic carbocycles. The number of thioether (sulfide) groups is 1. The van der Waals surface area contributed by atoms with Gasteiger partial charge in [-0.25, -0.2) is 5.10 Å². The summed E-state index contributed by atoms with van der Waals surface area (Å²) in [5, 5.41) is 13.3. The maximum absolute atomic E-state index is 4.47. The number of aryl methyl sites for hydroxylation is 2. The van der Waals surface area contributed by atoms with Gasteiger partial charge in [-0.3, -0.25) is 0 Å². The van der Waals surface area contributed by atoms with Gasteiger partial charge in [0, 0.05) is 16.3 Å². The molecule has 0 unspecified atom stereocenters. The summed E-state index contributed by atoms with van der Waals surface area (Å²) >= 11 is 3.42. The molecule has 0 aliphatic rings. The monoisotopic (exact) mass is 316 g/mol. The fourth-order valence-electron chi connectivity index (χ4n) is 1.89. The molecule has 0 amide bonds. The number of nitrogens with zero attached hydrogens (tertiary/aromatic N) is 2. The normalized spacial score (nSPS) is 10.8. The van der Waals surface area contributed by atoms with Crippen molar-refractivity contribution >= 4 is 34.7 Å². The number of aromatic nitrogens is 3. The van der Waals surface area contributed by atoms with E-state index >= 15 is 0 Å². The van der Waals surface area contributed by atoms with Gasteiger partial charge in [0.25, 0.3) is 0 Å². The molecule has 0 aliphatic heterocycles. The molecular weight excluding hydrogens is 300 g/mol. The molecule has 6 heteroatoms. The molecule has 0 saturated heterocycles. The van der Waals surface area contributed by atoms with Gasteiger partial charge in [0.05, 0.1) is 0 Å². The second-order valence-corrected chi connectivity index (χ2v) is 6.67. The molecular formula is C15H16N4S2. The van der Waals surface area contributed by atoms with Gasteiger partial charge >= 0.3 is 0 Å². The minimum atomic E-state index is 0.676. The van der Waals surface area contributed by atoms with E-state index in [0.717, 1.165) is 16.6 Å². The first kappa shape index (κ1) is 14.2. The van der Waals surface area contributed by atoms with Crippen molar-refractivity contribution in [2.45, 2.75) is 24.8 Å². The number of rotatable bonds is 5. The number of para-hydroxylation sites is 1. The van der Waals surface area contributed by atoms with Gasteiger partial charge in [0.1, 0.15) is 0 Å². The summed E-state index contributed by atoms with van der Waals surface area (Å²) in [7, 11) is 0. The molecule has 3 rings (SSSR count). The SMILES string of the molecule is Cc1ccccc1Nc1nc(SCc2sccc2C)n[nH]1. The van der Waals surface area contributed by atoms with Crippen molar-refractivity contribution in [1.82, 2.24) is 15.2 Å². The van der Waals surface area contributed by atoms with E-state index in [1.54, 1.807) is 23.1 Å². The second-order valence-electron chi connectivity index (χ2n) is 4.72. The second kappa shape index (κ2) is 6.32. The van der Waals surface area contributed by atoms with Crippen LogP contribution in [0.25, 0.3) is 0 Å². The van der Waals surface area contributed by atoms with Gasteiger partial charge in [-0.05, 0) is 42.5 Å². The summed E-state index contributed by atoms with van der Waals surface area (Å²) < 4.78 is 0. The minimum Gasteiger partial charge on any atom is -0.324 e. The highest BCUT2D eigenvalue weighted by molar-refractivity contribution is 7.98. The van der Waals surface area contributed by atoms with Crippen LogP contribution >= 0.6 is 23.1 Å². The summed E-state index contributed by atoms with van der Waals surface area (Å²) in [5.74, 6) is 1.58. The average Bonchev–Trinajstić information content (AvgIpc) is 3.08. The number of aromatic amines is 1. The van der Waals surface area contributed by atoms with Crippen LogP contribution in [0.1, 0.15) is 16.0 Å². The lowest BCUT2D eigenvalue weighted by Crippen LogP contribution is -1.94. The molecule has 0 radical (unpaired) electrons. The smallest absolute Gasteiger partial charge is 0.223 e. The van der Waals surface area contributed by atoms with E-state index in [9.17, 15) is 0 Å². The summed E-state index contributed by atoms with van der Waals surface area (Å²) in [4.78, 5) is 5.84. The zero-order chi connectivity index (χ0) is 14.7. The fraction of sp³-hybridized carbons (Fsp3) is 0.200. The summed E-state index contributed by atoms with van der Waals surface area (Å²) in [6, 6.07) is 10.3. The Hall–Kier alpha value is -1.79. The number of nitrogens with one attached hydrogen (secondary N) is 2. The molecule has 0 fully saturated rings. The molecule has 2 N–H and O–H groups in total. The third-order valence-electron chi connectivity index (χ3n) is 3.16. The average molecular weight is 316 g/mol. The van der Waals surface area contributed by atoms with Crippen LogP contribution in [-0.2, 0) is 5.75 Å². The standard InChI is InChI=1S/C15H16N4S2/c1-10-5-3-4-6-12(10)16-14-17-15(19-18-14)21-9-13-11(2)7-8-20-13/h3-8H,9H2,1-2H3,(H2,16,17,18,19).